The van der Waals surface area contributed by atoms with Gasteiger partial charge in [0.1, 0.15) is 24.3 Å². The number of pyridine rings is 1. The molecule has 0 spiro atoms. The van der Waals surface area contributed by atoms with Gasteiger partial charge in [-0.1, -0.05) is 0 Å². The number of halogens is 1. The summed E-state index contributed by atoms with van der Waals surface area (Å²) in [6, 6.07) is 6.36. The van der Waals surface area contributed by atoms with Crippen molar-refractivity contribution < 1.29 is 27.3 Å². The van der Waals surface area contributed by atoms with Gasteiger partial charge in [0, 0.05) is 62.7 Å². The first-order chi connectivity index (χ1) is 18.7. The van der Waals surface area contributed by atoms with E-state index >= 15 is 0 Å². The molecule has 0 saturated heterocycles. The maximum atomic E-state index is 14.5. The number of aryl methyl sites for hydroxylation is 2. The number of aromatic nitrogens is 6. The average molecular weight is 558 g/mol. The Morgan fingerprint density at radius 3 is 2.74 bits per heavy atom. The first-order valence-electron chi connectivity index (χ1n) is 12.3. The Kier molecular flexibility index (Phi) is 7.50. The molecule has 4 aromatic rings. The monoisotopic (exact) mass is 557 g/mol. The molecule has 0 aliphatic carbocycles. The number of benzene rings is 1. The second kappa shape index (κ2) is 10.9. The Morgan fingerprint density at radius 2 is 2.00 bits per heavy atom. The maximum absolute atomic E-state index is 14.5. The second-order valence-corrected chi connectivity index (χ2v) is 10.7. The van der Waals surface area contributed by atoms with Crippen molar-refractivity contribution in [2.24, 2.45) is 7.05 Å². The van der Waals surface area contributed by atoms with Crippen LogP contribution in [0, 0.1) is 5.82 Å². The van der Waals surface area contributed by atoms with E-state index in [1.165, 1.54) is 31.1 Å². The number of hydrogen-bond acceptors (Lipinski definition) is 10. The van der Waals surface area contributed by atoms with Crippen LogP contribution < -0.4 is 10.1 Å². The van der Waals surface area contributed by atoms with Crippen molar-refractivity contribution in [1.82, 2.24) is 29.8 Å². The fraction of sp³-hybridized carbons (Fsp3) is 0.360. The lowest BCUT2D eigenvalue weighted by atomic mass is 9.96. The molecule has 12 nitrogen and oxygen atoms in total. The average Bonchev–Trinajstić information content (AvgIpc) is 3.51. The molecule has 0 fully saturated rings. The van der Waals surface area contributed by atoms with Crippen LogP contribution in [0.25, 0.3) is 22.5 Å². The predicted octanol–water partition coefficient (Wildman–Crippen LogP) is 4.73. The van der Waals surface area contributed by atoms with Crippen molar-refractivity contribution in [2.45, 2.75) is 32.9 Å². The largest absolute Gasteiger partial charge is 0.482 e. The van der Waals surface area contributed by atoms with E-state index in [2.05, 4.69) is 25.6 Å². The van der Waals surface area contributed by atoms with Crippen LogP contribution >= 0.6 is 7.82 Å². The molecule has 1 atom stereocenters. The zero-order valence-corrected chi connectivity index (χ0v) is 23.1. The summed E-state index contributed by atoms with van der Waals surface area (Å²) >= 11 is 0. The molecular formula is C25H29FN7O5P. The SMILES string of the molecule is CCn1ncc2c1-c1cnc(NCOP(=O)(OC)OC)c(c1)O[C@H](C)c1cc(F)ccc1-c1nn(C)nc1C2. The summed E-state index contributed by atoms with van der Waals surface area (Å²) < 4.78 is 50.0. The summed E-state index contributed by atoms with van der Waals surface area (Å²) in [5.74, 6) is 0.295. The van der Waals surface area contributed by atoms with Crippen LogP contribution in [0.15, 0.2) is 36.7 Å². The number of phosphoric acid groups is 1. The van der Waals surface area contributed by atoms with Crippen molar-refractivity contribution in [3.8, 4) is 28.3 Å². The van der Waals surface area contributed by atoms with Crippen LogP contribution in [0.2, 0.25) is 0 Å². The Labute approximate surface area is 224 Å². The number of anilines is 1. The van der Waals surface area contributed by atoms with E-state index in [0.29, 0.717) is 41.4 Å². The predicted molar refractivity (Wildman–Crippen MR) is 141 cm³/mol. The zero-order chi connectivity index (χ0) is 27.7. The van der Waals surface area contributed by atoms with Crippen molar-refractivity contribution in [3.63, 3.8) is 0 Å². The topological polar surface area (TPSA) is 127 Å². The molecule has 206 valence electrons. The van der Waals surface area contributed by atoms with Crippen molar-refractivity contribution in [1.29, 1.82) is 0 Å². The number of ether oxygens (including phenoxy) is 1. The molecule has 2 bridgehead atoms. The molecule has 1 aliphatic heterocycles. The molecule has 1 aromatic carbocycles. The van der Waals surface area contributed by atoms with Gasteiger partial charge in [-0.25, -0.2) is 13.9 Å². The van der Waals surface area contributed by atoms with Crippen LogP contribution in [0.5, 0.6) is 5.75 Å². The lowest BCUT2D eigenvalue weighted by Gasteiger charge is -2.22. The van der Waals surface area contributed by atoms with Crippen LogP contribution in [0.4, 0.5) is 10.2 Å². The van der Waals surface area contributed by atoms with Gasteiger partial charge in [-0.3, -0.25) is 18.3 Å². The molecule has 39 heavy (non-hydrogen) atoms. The highest BCUT2D eigenvalue weighted by Crippen LogP contribution is 2.47. The van der Waals surface area contributed by atoms with Gasteiger partial charge in [0.15, 0.2) is 11.6 Å². The van der Waals surface area contributed by atoms with Crippen molar-refractivity contribution in [2.75, 3.05) is 26.3 Å². The molecule has 3 aromatic heterocycles. The molecule has 1 aliphatic rings. The third-order valence-corrected chi connectivity index (χ3v) is 7.74. The highest BCUT2D eigenvalue weighted by atomic mass is 31.2. The van der Waals surface area contributed by atoms with Gasteiger partial charge in [-0.05, 0) is 38.1 Å². The molecule has 4 heterocycles. The van der Waals surface area contributed by atoms with Gasteiger partial charge in [-0.15, -0.1) is 0 Å². The highest BCUT2D eigenvalue weighted by molar-refractivity contribution is 7.48. The van der Waals surface area contributed by atoms with Crippen LogP contribution in [-0.2, 0) is 38.1 Å². The molecule has 1 N–H and O–H groups in total. The summed E-state index contributed by atoms with van der Waals surface area (Å²) in [5, 5.41) is 16.8. The Balaban J connectivity index is 1.64. The van der Waals surface area contributed by atoms with E-state index in [0.717, 1.165) is 22.5 Å². The smallest absolute Gasteiger partial charge is 0.475 e. The Morgan fingerprint density at radius 1 is 1.21 bits per heavy atom. The van der Waals surface area contributed by atoms with Crippen LogP contribution in [-0.4, -0.2) is 50.7 Å². The van der Waals surface area contributed by atoms with Crippen molar-refractivity contribution >= 4 is 13.6 Å². The first kappa shape index (κ1) is 26.9. The second-order valence-electron chi connectivity index (χ2n) is 8.82. The normalized spacial score (nSPS) is 14.9. The van der Waals surface area contributed by atoms with Gasteiger partial charge < -0.3 is 10.1 Å². The minimum atomic E-state index is -3.71. The first-order valence-corrected chi connectivity index (χ1v) is 13.7. The molecule has 0 saturated carbocycles. The summed E-state index contributed by atoms with van der Waals surface area (Å²) in [5.41, 5.74) is 5.24. The summed E-state index contributed by atoms with van der Waals surface area (Å²) in [7, 11) is 0.496. The minimum Gasteiger partial charge on any atom is -0.482 e. The zero-order valence-electron chi connectivity index (χ0n) is 22.2. The van der Waals surface area contributed by atoms with E-state index in [4.69, 9.17) is 18.3 Å². The number of rotatable bonds is 7. The van der Waals surface area contributed by atoms with E-state index in [1.807, 2.05) is 30.8 Å². The van der Waals surface area contributed by atoms with Gasteiger partial charge >= 0.3 is 7.82 Å². The minimum absolute atomic E-state index is 0.234. The number of hydrogen-bond donors (Lipinski definition) is 1. The molecule has 0 amide bonds. The highest BCUT2D eigenvalue weighted by Gasteiger charge is 2.26. The molecule has 0 unspecified atom stereocenters. The molecular weight excluding hydrogens is 528 g/mol. The van der Waals surface area contributed by atoms with Gasteiger partial charge in [0.25, 0.3) is 0 Å². The third kappa shape index (κ3) is 5.30. The van der Waals surface area contributed by atoms with Gasteiger partial charge in [0.2, 0.25) is 0 Å². The lowest BCUT2D eigenvalue weighted by Crippen LogP contribution is -2.12. The summed E-state index contributed by atoms with van der Waals surface area (Å²) in [4.78, 5) is 6.08. The lowest BCUT2D eigenvalue weighted by molar-refractivity contribution is 0.160. The molecule has 0 radical (unpaired) electrons. The summed E-state index contributed by atoms with van der Waals surface area (Å²) in [6.07, 6.45) is 3.35. The van der Waals surface area contributed by atoms with E-state index in [1.54, 1.807) is 19.3 Å². The number of nitrogens with one attached hydrogen (secondary N) is 1. The third-order valence-electron chi connectivity index (χ3n) is 6.40. The van der Waals surface area contributed by atoms with Gasteiger partial charge in [-0.2, -0.15) is 20.1 Å². The number of nitrogens with zero attached hydrogens (tertiary/aromatic N) is 6. The van der Waals surface area contributed by atoms with E-state index in [-0.39, 0.29) is 6.73 Å². The Bertz CT molecular complexity index is 1550. The molecule has 5 rings (SSSR count). The fourth-order valence-electron chi connectivity index (χ4n) is 4.58. The van der Waals surface area contributed by atoms with E-state index in [9.17, 15) is 8.96 Å². The van der Waals surface area contributed by atoms with Crippen LogP contribution in [0.3, 0.4) is 0 Å². The van der Waals surface area contributed by atoms with E-state index < -0.39 is 19.7 Å². The maximum Gasteiger partial charge on any atom is 0.475 e. The molecule has 14 heteroatoms. The number of phosphoric ester groups is 1. The van der Waals surface area contributed by atoms with Gasteiger partial charge in [0.05, 0.1) is 17.6 Å². The Hall–Kier alpha value is -3.64. The van der Waals surface area contributed by atoms with Crippen LogP contribution in [0.1, 0.15) is 36.8 Å². The fourth-order valence-corrected chi connectivity index (χ4v) is 5.16. The summed E-state index contributed by atoms with van der Waals surface area (Å²) in [6.45, 7) is 4.22. The standard InChI is InChI=1S/C25H29FN7O5P/c1-6-33-24-16(13-29-33)9-21-23(31-32(3)30-21)19-8-7-18(26)11-20(19)15(2)38-22-10-17(24)12-27-25(22)28-14-37-39(34,35-4)36-5/h7-8,10-13,15H,6,9,14H2,1-5H3,(H,27,28)/t15-/m1/s1. The van der Waals surface area contributed by atoms with Crippen molar-refractivity contribution in [3.05, 3.63) is 59.3 Å². The number of fused-ring (bicyclic) bond motifs is 7. The quantitative estimate of drug-likeness (QED) is 0.252.